The zero-order chi connectivity index (χ0) is 14.1. The topological polar surface area (TPSA) is 39.7 Å². The monoisotopic (exact) mass is 289 g/mol. The van der Waals surface area contributed by atoms with E-state index in [0.29, 0.717) is 13.2 Å². The van der Waals surface area contributed by atoms with Gasteiger partial charge in [-0.3, -0.25) is 0 Å². The molecule has 1 atom stereocenters. The smallest absolute Gasteiger partial charge is 0.161 e. The molecule has 2 fully saturated rings. The van der Waals surface area contributed by atoms with Gasteiger partial charge in [-0.25, -0.2) is 0 Å². The van der Waals surface area contributed by atoms with Crippen LogP contribution in [-0.2, 0) is 4.74 Å². The van der Waals surface area contributed by atoms with Gasteiger partial charge in [-0.15, -0.1) is 0 Å². The number of hydrogen-bond acceptors (Lipinski definition) is 4. The Balaban J connectivity index is 1.55. The van der Waals surface area contributed by atoms with Crippen LogP contribution in [0.3, 0.4) is 0 Å². The Morgan fingerprint density at radius 3 is 2.67 bits per heavy atom. The third-order valence-corrected chi connectivity index (χ3v) is 4.87. The molecule has 21 heavy (non-hydrogen) atoms. The highest BCUT2D eigenvalue weighted by Crippen LogP contribution is 2.40. The molecule has 1 aromatic rings. The summed E-state index contributed by atoms with van der Waals surface area (Å²) in [4.78, 5) is 0. The average Bonchev–Trinajstić information content (AvgIpc) is 2.55. The van der Waals surface area contributed by atoms with Crippen molar-refractivity contribution in [1.29, 1.82) is 0 Å². The van der Waals surface area contributed by atoms with Crippen LogP contribution in [0.1, 0.15) is 43.8 Å². The van der Waals surface area contributed by atoms with Gasteiger partial charge >= 0.3 is 0 Å². The second-order valence-electron chi connectivity index (χ2n) is 6.38. The molecular formula is C17H23NO3. The van der Waals surface area contributed by atoms with Crippen LogP contribution in [0.15, 0.2) is 18.2 Å². The molecule has 4 nitrogen and oxygen atoms in total. The summed E-state index contributed by atoms with van der Waals surface area (Å²) in [5, 5.41) is 3.58. The highest BCUT2D eigenvalue weighted by molar-refractivity contribution is 5.44. The van der Waals surface area contributed by atoms with Gasteiger partial charge in [0, 0.05) is 13.1 Å². The molecule has 1 unspecified atom stereocenters. The minimum Gasteiger partial charge on any atom is -0.486 e. The van der Waals surface area contributed by atoms with E-state index in [2.05, 4.69) is 17.4 Å². The maximum absolute atomic E-state index is 6.53. The summed E-state index contributed by atoms with van der Waals surface area (Å²) in [6.07, 6.45) is 6.40. The van der Waals surface area contributed by atoms with Gasteiger partial charge in [0.1, 0.15) is 13.2 Å². The van der Waals surface area contributed by atoms with E-state index in [9.17, 15) is 0 Å². The summed E-state index contributed by atoms with van der Waals surface area (Å²) >= 11 is 0. The highest BCUT2D eigenvalue weighted by atomic mass is 16.6. The van der Waals surface area contributed by atoms with Gasteiger partial charge in [0.05, 0.1) is 11.7 Å². The molecule has 0 amide bonds. The molecule has 114 valence electrons. The molecule has 4 heteroatoms. The molecule has 2 aliphatic heterocycles. The zero-order valence-corrected chi connectivity index (χ0v) is 12.4. The first kappa shape index (κ1) is 13.4. The van der Waals surface area contributed by atoms with E-state index in [1.54, 1.807) is 0 Å². The van der Waals surface area contributed by atoms with E-state index < -0.39 is 0 Å². The SMILES string of the molecule is c1cc2c(cc1C1CNCC3(CCCCC3)O1)OCCO2. The first-order chi connectivity index (χ1) is 10.3. The van der Waals surface area contributed by atoms with E-state index >= 15 is 0 Å². The molecule has 1 aliphatic carbocycles. The molecule has 1 N–H and O–H groups in total. The Hall–Kier alpha value is -1.26. The summed E-state index contributed by atoms with van der Waals surface area (Å²) in [6, 6.07) is 6.21. The molecule has 1 aromatic carbocycles. The van der Waals surface area contributed by atoms with Crippen LogP contribution in [0, 0.1) is 0 Å². The van der Waals surface area contributed by atoms with Gasteiger partial charge in [-0.1, -0.05) is 25.3 Å². The molecule has 1 saturated carbocycles. The normalized spacial score (nSPS) is 27.5. The van der Waals surface area contributed by atoms with Crippen LogP contribution in [0.2, 0.25) is 0 Å². The number of benzene rings is 1. The molecule has 0 radical (unpaired) electrons. The van der Waals surface area contributed by atoms with Gasteiger partial charge in [0.2, 0.25) is 0 Å². The van der Waals surface area contributed by atoms with Crippen molar-refractivity contribution in [1.82, 2.24) is 5.32 Å². The summed E-state index contributed by atoms with van der Waals surface area (Å²) in [5.74, 6) is 1.70. The van der Waals surface area contributed by atoms with Crippen molar-refractivity contribution in [2.75, 3.05) is 26.3 Å². The molecule has 0 bridgehead atoms. The maximum Gasteiger partial charge on any atom is 0.161 e. The van der Waals surface area contributed by atoms with Gasteiger partial charge < -0.3 is 19.5 Å². The van der Waals surface area contributed by atoms with Crippen LogP contribution in [0.4, 0.5) is 0 Å². The van der Waals surface area contributed by atoms with E-state index in [1.807, 2.05) is 6.07 Å². The van der Waals surface area contributed by atoms with Gasteiger partial charge in [0.15, 0.2) is 11.5 Å². The van der Waals surface area contributed by atoms with Crippen molar-refractivity contribution >= 4 is 0 Å². The lowest BCUT2D eigenvalue weighted by Crippen LogP contribution is -2.51. The number of morpholine rings is 1. The maximum atomic E-state index is 6.53. The van der Waals surface area contributed by atoms with Crippen molar-refractivity contribution in [2.45, 2.75) is 43.8 Å². The molecule has 0 aromatic heterocycles. The lowest BCUT2D eigenvalue weighted by Gasteiger charge is -2.44. The van der Waals surface area contributed by atoms with E-state index in [4.69, 9.17) is 14.2 Å². The van der Waals surface area contributed by atoms with Crippen LogP contribution in [0.25, 0.3) is 0 Å². The average molecular weight is 289 g/mol. The summed E-state index contributed by atoms with van der Waals surface area (Å²) in [7, 11) is 0. The fourth-order valence-corrected chi connectivity index (χ4v) is 3.75. The predicted octanol–water partition coefficient (Wildman–Crippen LogP) is 2.82. The third kappa shape index (κ3) is 2.62. The van der Waals surface area contributed by atoms with Crippen LogP contribution < -0.4 is 14.8 Å². The van der Waals surface area contributed by atoms with Crippen molar-refractivity contribution in [2.24, 2.45) is 0 Å². The summed E-state index contributed by atoms with van der Waals surface area (Å²) < 4.78 is 17.8. The number of hydrogen-bond donors (Lipinski definition) is 1. The Bertz CT molecular complexity index is 505. The van der Waals surface area contributed by atoms with Crippen LogP contribution >= 0.6 is 0 Å². The standard InChI is InChI=1S/C17H23NO3/c1-2-6-17(7-3-1)12-18-11-16(21-17)13-4-5-14-15(10-13)20-9-8-19-14/h4-5,10,16,18H,1-3,6-9,11-12H2. The second-order valence-corrected chi connectivity index (χ2v) is 6.38. The third-order valence-electron chi connectivity index (χ3n) is 4.87. The largest absolute Gasteiger partial charge is 0.486 e. The first-order valence-electron chi connectivity index (χ1n) is 8.13. The number of rotatable bonds is 1. The van der Waals surface area contributed by atoms with Crippen molar-refractivity contribution in [3.05, 3.63) is 23.8 Å². The van der Waals surface area contributed by atoms with Crippen molar-refractivity contribution in [3.8, 4) is 11.5 Å². The molecular weight excluding hydrogens is 266 g/mol. The number of fused-ring (bicyclic) bond motifs is 1. The van der Waals surface area contributed by atoms with Gasteiger partial charge in [-0.05, 0) is 30.5 Å². The molecule has 1 spiro atoms. The zero-order valence-electron chi connectivity index (χ0n) is 12.4. The Labute approximate surface area is 125 Å². The van der Waals surface area contributed by atoms with Crippen molar-refractivity contribution < 1.29 is 14.2 Å². The predicted molar refractivity (Wildman–Crippen MR) is 79.9 cm³/mol. The number of nitrogens with one attached hydrogen (secondary N) is 1. The Morgan fingerprint density at radius 1 is 1.00 bits per heavy atom. The fourth-order valence-electron chi connectivity index (χ4n) is 3.75. The van der Waals surface area contributed by atoms with Crippen molar-refractivity contribution in [3.63, 3.8) is 0 Å². The quantitative estimate of drug-likeness (QED) is 0.863. The van der Waals surface area contributed by atoms with Gasteiger partial charge in [0.25, 0.3) is 0 Å². The minimum atomic E-state index is 0.0500. The number of ether oxygens (including phenoxy) is 3. The lowest BCUT2D eigenvalue weighted by molar-refractivity contribution is -0.135. The first-order valence-corrected chi connectivity index (χ1v) is 8.13. The fraction of sp³-hybridized carbons (Fsp3) is 0.647. The van der Waals surface area contributed by atoms with E-state index in [0.717, 1.165) is 24.6 Å². The Kier molecular flexibility index (Phi) is 3.51. The summed E-state index contributed by atoms with van der Waals surface area (Å²) in [5.41, 5.74) is 1.24. The van der Waals surface area contributed by atoms with Crippen LogP contribution in [0.5, 0.6) is 11.5 Å². The highest BCUT2D eigenvalue weighted by Gasteiger charge is 2.38. The molecule has 2 heterocycles. The Morgan fingerprint density at radius 2 is 1.81 bits per heavy atom. The molecule has 4 rings (SSSR count). The minimum absolute atomic E-state index is 0.0500. The van der Waals surface area contributed by atoms with Crippen LogP contribution in [-0.4, -0.2) is 31.9 Å². The van der Waals surface area contributed by atoms with E-state index in [-0.39, 0.29) is 11.7 Å². The molecule has 3 aliphatic rings. The van der Waals surface area contributed by atoms with E-state index in [1.165, 1.54) is 37.7 Å². The lowest BCUT2D eigenvalue weighted by atomic mass is 9.83. The molecule has 1 saturated heterocycles. The summed E-state index contributed by atoms with van der Waals surface area (Å²) in [6.45, 7) is 3.14. The second kappa shape index (κ2) is 5.50. The van der Waals surface area contributed by atoms with Gasteiger partial charge in [-0.2, -0.15) is 0 Å².